The molecule has 0 aromatic rings. The maximum atomic E-state index is 11.9. The second-order valence-corrected chi connectivity index (χ2v) is 4.08. The molecule has 4 heteroatoms. The van der Waals surface area contributed by atoms with Gasteiger partial charge in [-0.2, -0.15) is 5.26 Å². The molecule has 1 unspecified atom stereocenters. The highest BCUT2D eigenvalue weighted by Gasteiger charge is 2.40. The third-order valence-corrected chi connectivity index (χ3v) is 2.96. The maximum absolute atomic E-state index is 11.9. The number of nitrogens with zero attached hydrogens (tertiary/aromatic N) is 2. The van der Waals surface area contributed by atoms with E-state index in [0.717, 1.165) is 0 Å². The molecule has 0 aromatic heterocycles. The van der Waals surface area contributed by atoms with Crippen molar-refractivity contribution in [2.45, 2.75) is 33.3 Å². The minimum atomic E-state index is -0.864. The Hall–Kier alpha value is -1.08. The Balaban J connectivity index is 2.48. The molecule has 1 atom stereocenters. The smallest absolute Gasteiger partial charge is 0.242 e. The average Bonchev–Trinajstić information content (AvgIpc) is 2.20. The summed E-state index contributed by atoms with van der Waals surface area (Å²) in [5.74, 6) is -0.0662. The van der Waals surface area contributed by atoms with Gasteiger partial charge in [-0.15, -0.1) is 0 Å². The summed E-state index contributed by atoms with van der Waals surface area (Å²) in [5, 5.41) is 8.96. The summed E-state index contributed by atoms with van der Waals surface area (Å²) in [6.45, 7) is 7.43. The molecule has 4 nitrogen and oxygen atoms in total. The molecule has 15 heavy (non-hydrogen) atoms. The summed E-state index contributed by atoms with van der Waals surface area (Å²) in [6, 6.07) is 2.09. The van der Waals surface area contributed by atoms with E-state index in [0.29, 0.717) is 26.1 Å². The van der Waals surface area contributed by atoms with Crippen molar-refractivity contribution in [3.05, 3.63) is 0 Å². The molecule has 1 amide bonds. The minimum Gasteiger partial charge on any atom is -0.375 e. The standard InChI is InChI=1S/C11H18N2O2/c1-4-11(3,8-12)10(14)13-6-9(7-13)15-5-2/h9H,4-7H2,1-3H3. The highest BCUT2D eigenvalue weighted by Crippen LogP contribution is 2.26. The summed E-state index contributed by atoms with van der Waals surface area (Å²) in [5.41, 5.74) is -0.864. The van der Waals surface area contributed by atoms with E-state index in [-0.39, 0.29) is 12.0 Å². The van der Waals surface area contributed by atoms with E-state index >= 15 is 0 Å². The van der Waals surface area contributed by atoms with Crippen molar-refractivity contribution in [1.82, 2.24) is 4.90 Å². The summed E-state index contributed by atoms with van der Waals surface area (Å²) in [6.07, 6.45) is 0.719. The second-order valence-electron chi connectivity index (χ2n) is 4.08. The highest BCUT2D eigenvalue weighted by molar-refractivity contribution is 5.85. The average molecular weight is 210 g/mol. The van der Waals surface area contributed by atoms with Crippen molar-refractivity contribution >= 4 is 5.91 Å². The number of hydrogen-bond acceptors (Lipinski definition) is 3. The van der Waals surface area contributed by atoms with Crippen LogP contribution in [0.4, 0.5) is 0 Å². The monoisotopic (exact) mass is 210 g/mol. The van der Waals surface area contributed by atoms with E-state index in [1.165, 1.54) is 0 Å². The summed E-state index contributed by atoms with van der Waals surface area (Å²) < 4.78 is 5.36. The molecule has 0 radical (unpaired) electrons. The van der Waals surface area contributed by atoms with Crippen molar-refractivity contribution < 1.29 is 9.53 Å². The Morgan fingerprint density at radius 3 is 2.60 bits per heavy atom. The molecule has 1 fully saturated rings. The van der Waals surface area contributed by atoms with Gasteiger partial charge in [0.1, 0.15) is 5.41 Å². The molecule has 84 valence electrons. The molecule has 1 aliphatic rings. The zero-order valence-electron chi connectivity index (χ0n) is 9.62. The van der Waals surface area contributed by atoms with Crippen LogP contribution in [0, 0.1) is 16.7 Å². The number of carbonyl (C=O) groups is 1. The minimum absolute atomic E-state index is 0.0662. The fourth-order valence-corrected chi connectivity index (χ4v) is 1.57. The fourth-order valence-electron chi connectivity index (χ4n) is 1.57. The van der Waals surface area contributed by atoms with Crippen LogP contribution in [0.5, 0.6) is 0 Å². The Morgan fingerprint density at radius 2 is 2.20 bits per heavy atom. The van der Waals surface area contributed by atoms with E-state index < -0.39 is 5.41 Å². The number of ether oxygens (including phenoxy) is 1. The molecular weight excluding hydrogens is 192 g/mol. The van der Waals surface area contributed by atoms with Crippen LogP contribution < -0.4 is 0 Å². The zero-order valence-corrected chi connectivity index (χ0v) is 9.62. The van der Waals surface area contributed by atoms with Crippen LogP contribution >= 0.6 is 0 Å². The van der Waals surface area contributed by atoms with Gasteiger partial charge in [0.2, 0.25) is 5.91 Å². The lowest BCUT2D eigenvalue weighted by Crippen LogP contribution is -2.58. The van der Waals surface area contributed by atoms with Crippen molar-refractivity contribution in [3.63, 3.8) is 0 Å². The quantitative estimate of drug-likeness (QED) is 0.700. The molecule has 0 aromatic carbocycles. The first-order valence-electron chi connectivity index (χ1n) is 5.39. The van der Waals surface area contributed by atoms with E-state index in [1.54, 1.807) is 11.8 Å². The Kier molecular flexibility index (Phi) is 3.70. The van der Waals surface area contributed by atoms with Crippen molar-refractivity contribution in [2.75, 3.05) is 19.7 Å². The molecule has 0 spiro atoms. The largest absolute Gasteiger partial charge is 0.375 e. The molecule has 1 rings (SSSR count). The molecule has 0 aliphatic carbocycles. The lowest BCUT2D eigenvalue weighted by molar-refractivity contribution is -0.152. The first-order valence-corrected chi connectivity index (χ1v) is 5.39. The first-order chi connectivity index (χ1) is 7.07. The fraction of sp³-hybridized carbons (Fsp3) is 0.818. The Labute approximate surface area is 90.8 Å². The Morgan fingerprint density at radius 1 is 1.60 bits per heavy atom. The van der Waals surface area contributed by atoms with E-state index in [9.17, 15) is 4.79 Å². The number of hydrogen-bond donors (Lipinski definition) is 0. The molecular formula is C11H18N2O2. The number of rotatable bonds is 4. The van der Waals surface area contributed by atoms with Gasteiger partial charge in [-0.25, -0.2) is 0 Å². The number of nitriles is 1. The lowest BCUT2D eigenvalue weighted by Gasteiger charge is -2.41. The normalized spacial score (nSPS) is 20.3. The van der Waals surface area contributed by atoms with E-state index in [1.807, 2.05) is 13.8 Å². The summed E-state index contributed by atoms with van der Waals surface area (Å²) >= 11 is 0. The van der Waals surface area contributed by atoms with Gasteiger partial charge >= 0.3 is 0 Å². The van der Waals surface area contributed by atoms with E-state index in [2.05, 4.69) is 6.07 Å². The van der Waals surface area contributed by atoms with Crippen LogP contribution in [0.3, 0.4) is 0 Å². The van der Waals surface area contributed by atoms with Crippen LogP contribution in [0.2, 0.25) is 0 Å². The van der Waals surface area contributed by atoms with Crippen molar-refractivity contribution in [3.8, 4) is 6.07 Å². The molecule has 1 saturated heterocycles. The number of carbonyl (C=O) groups excluding carboxylic acids is 1. The maximum Gasteiger partial charge on any atom is 0.242 e. The first kappa shape index (κ1) is 12.0. The van der Waals surface area contributed by atoms with Crippen LogP contribution in [-0.4, -0.2) is 36.6 Å². The SMILES string of the molecule is CCOC1CN(C(=O)C(C)(C#N)CC)C1. The predicted molar refractivity (Wildman–Crippen MR) is 56.0 cm³/mol. The molecule has 0 N–H and O–H groups in total. The lowest BCUT2D eigenvalue weighted by atomic mass is 9.86. The second kappa shape index (κ2) is 4.63. The van der Waals surface area contributed by atoms with E-state index in [4.69, 9.17) is 10.00 Å². The Bertz CT molecular complexity index is 279. The van der Waals surface area contributed by atoms with Crippen molar-refractivity contribution in [1.29, 1.82) is 5.26 Å². The van der Waals surface area contributed by atoms with Crippen LogP contribution in [-0.2, 0) is 9.53 Å². The molecule has 0 saturated carbocycles. The topological polar surface area (TPSA) is 53.3 Å². The molecule has 0 bridgehead atoms. The van der Waals surface area contributed by atoms with Crippen molar-refractivity contribution in [2.24, 2.45) is 5.41 Å². The summed E-state index contributed by atoms with van der Waals surface area (Å²) in [7, 11) is 0. The third-order valence-electron chi connectivity index (χ3n) is 2.96. The van der Waals surface area contributed by atoms with Crippen LogP contribution in [0.1, 0.15) is 27.2 Å². The van der Waals surface area contributed by atoms with Gasteiger partial charge in [0.15, 0.2) is 0 Å². The molecule has 1 heterocycles. The zero-order chi connectivity index (χ0) is 11.5. The number of amides is 1. The predicted octanol–water partition coefficient (Wildman–Crippen LogP) is 1.17. The molecule has 1 aliphatic heterocycles. The third kappa shape index (κ3) is 2.29. The van der Waals surface area contributed by atoms with Gasteiger partial charge in [0, 0.05) is 19.7 Å². The van der Waals surface area contributed by atoms with Gasteiger partial charge < -0.3 is 9.64 Å². The number of likely N-dealkylation sites (tertiary alicyclic amines) is 1. The van der Waals surface area contributed by atoms with Gasteiger partial charge in [-0.05, 0) is 20.3 Å². The van der Waals surface area contributed by atoms with Gasteiger partial charge in [-0.3, -0.25) is 4.79 Å². The highest BCUT2D eigenvalue weighted by atomic mass is 16.5. The van der Waals surface area contributed by atoms with Crippen LogP contribution in [0.15, 0.2) is 0 Å². The van der Waals surface area contributed by atoms with Gasteiger partial charge in [0.25, 0.3) is 0 Å². The van der Waals surface area contributed by atoms with Gasteiger partial charge in [0.05, 0.1) is 12.2 Å². The van der Waals surface area contributed by atoms with Crippen LogP contribution in [0.25, 0.3) is 0 Å². The summed E-state index contributed by atoms with van der Waals surface area (Å²) in [4.78, 5) is 13.6. The van der Waals surface area contributed by atoms with Gasteiger partial charge in [-0.1, -0.05) is 6.92 Å².